The molecule has 0 aromatic carbocycles. The highest BCUT2D eigenvalue weighted by molar-refractivity contribution is 6.02. The van der Waals surface area contributed by atoms with E-state index in [4.69, 9.17) is 0 Å². The summed E-state index contributed by atoms with van der Waals surface area (Å²) in [5.41, 5.74) is -0.691. The quantitative estimate of drug-likeness (QED) is 0.438. The van der Waals surface area contributed by atoms with Crippen LogP contribution in [0.4, 0.5) is 0 Å². The van der Waals surface area contributed by atoms with Crippen LogP contribution in [-0.2, 0) is 9.59 Å². The lowest BCUT2D eigenvalue weighted by molar-refractivity contribution is -0.136. The summed E-state index contributed by atoms with van der Waals surface area (Å²) in [5, 5.41) is 0. The van der Waals surface area contributed by atoms with Gasteiger partial charge in [0.25, 0.3) is 0 Å². The van der Waals surface area contributed by atoms with Crippen LogP contribution in [0.3, 0.4) is 0 Å². The van der Waals surface area contributed by atoms with Crippen LogP contribution in [-0.4, -0.2) is 12.1 Å². The minimum atomic E-state index is -0.613. The maximum absolute atomic E-state index is 11.6. The Hall–Kier alpha value is -0.660. The Labute approximate surface area is 72.3 Å². The number of hydrogen-bond acceptors (Lipinski definition) is 2. The second-order valence-electron chi connectivity index (χ2n) is 4.67. The molecule has 0 saturated heterocycles. The minimum Gasteiger partial charge on any atom is -0.302 e. The molecule has 0 N–H and O–H groups in total. The van der Waals surface area contributed by atoms with E-state index in [1.54, 1.807) is 0 Å². The smallest absolute Gasteiger partial charge is 0.146 e. The van der Waals surface area contributed by atoms with Gasteiger partial charge in [-0.15, -0.1) is 0 Å². The largest absolute Gasteiger partial charge is 0.302 e. The van der Waals surface area contributed by atoms with E-state index in [1.165, 1.54) is 0 Å². The highest BCUT2D eigenvalue weighted by Gasteiger charge is 2.64. The lowest BCUT2D eigenvalue weighted by Crippen LogP contribution is -2.37. The first-order chi connectivity index (χ1) is 5.54. The summed E-state index contributed by atoms with van der Waals surface area (Å²) in [4.78, 5) is 22.6. The van der Waals surface area contributed by atoms with Crippen molar-refractivity contribution in [2.24, 2.45) is 16.7 Å². The summed E-state index contributed by atoms with van der Waals surface area (Å²) in [6.07, 6.45) is 3.37. The van der Waals surface area contributed by atoms with Crippen molar-refractivity contribution in [3.05, 3.63) is 0 Å². The number of rotatable bonds is 1. The fourth-order valence-electron chi connectivity index (χ4n) is 2.99. The van der Waals surface area contributed by atoms with Crippen LogP contribution >= 0.6 is 0 Å². The van der Waals surface area contributed by atoms with Crippen LogP contribution in [0.15, 0.2) is 0 Å². The standard InChI is InChI=1S/C10H14O2/c1-9(2)7-3-4-10(9,6-11)8(12)5-7/h6-7H,3-5H2,1-2H3. The summed E-state index contributed by atoms with van der Waals surface area (Å²) in [6.45, 7) is 4.12. The first-order valence-corrected chi connectivity index (χ1v) is 4.54. The highest BCUT2D eigenvalue weighted by atomic mass is 16.1. The predicted molar refractivity (Wildman–Crippen MR) is 44.6 cm³/mol. The molecule has 2 unspecified atom stereocenters. The lowest BCUT2D eigenvalue weighted by atomic mass is 9.70. The van der Waals surface area contributed by atoms with Gasteiger partial charge in [-0.2, -0.15) is 0 Å². The molecule has 0 aliphatic heterocycles. The van der Waals surface area contributed by atoms with Gasteiger partial charge < -0.3 is 4.79 Å². The molecule has 2 nitrogen and oxygen atoms in total. The Morgan fingerprint density at radius 1 is 1.50 bits per heavy atom. The molecule has 2 fully saturated rings. The van der Waals surface area contributed by atoms with Crippen molar-refractivity contribution in [2.75, 3.05) is 0 Å². The molecule has 0 amide bonds. The van der Waals surface area contributed by atoms with Crippen LogP contribution in [0.1, 0.15) is 33.1 Å². The van der Waals surface area contributed by atoms with Gasteiger partial charge in [0.1, 0.15) is 12.1 Å². The van der Waals surface area contributed by atoms with Gasteiger partial charge in [-0.25, -0.2) is 0 Å². The van der Waals surface area contributed by atoms with Crippen molar-refractivity contribution in [2.45, 2.75) is 33.1 Å². The number of aldehydes is 1. The van der Waals surface area contributed by atoms with Crippen molar-refractivity contribution in [1.82, 2.24) is 0 Å². The van der Waals surface area contributed by atoms with E-state index in [0.717, 1.165) is 19.1 Å². The lowest BCUT2D eigenvalue weighted by Gasteiger charge is -2.30. The summed E-state index contributed by atoms with van der Waals surface area (Å²) in [6, 6.07) is 0. The molecule has 2 saturated carbocycles. The second-order valence-corrected chi connectivity index (χ2v) is 4.67. The van der Waals surface area contributed by atoms with Gasteiger partial charge in [0.15, 0.2) is 0 Å². The molecule has 0 spiro atoms. The second kappa shape index (κ2) is 1.98. The Morgan fingerprint density at radius 2 is 2.17 bits per heavy atom. The average Bonchev–Trinajstić information content (AvgIpc) is 2.36. The van der Waals surface area contributed by atoms with E-state index in [0.29, 0.717) is 12.3 Å². The normalized spacial score (nSPS) is 43.5. The maximum Gasteiger partial charge on any atom is 0.146 e. The molecular weight excluding hydrogens is 152 g/mol. The van der Waals surface area contributed by atoms with Gasteiger partial charge in [-0.05, 0) is 24.2 Å². The minimum absolute atomic E-state index is 0.0775. The van der Waals surface area contributed by atoms with E-state index in [9.17, 15) is 9.59 Å². The summed E-state index contributed by atoms with van der Waals surface area (Å²) < 4.78 is 0. The van der Waals surface area contributed by atoms with Crippen molar-refractivity contribution in [3.63, 3.8) is 0 Å². The molecular formula is C10H14O2. The van der Waals surface area contributed by atoms with Gasteiger partial charge in [0, 0.05) is 6.42 Å². The summed E-state index contributed by atoms with van der Waals surface area (Å²) in [5.74, 6) is 0.633. The SMILES string of the molecule is CC1(C)C2CCC1(C=O)C(=O)C2. The van der Waals surface area contributed by atoms with Crippen molar-refractivity contribution >= 4 is 12.1 Å². The van der Waals surface area contributed by atoms with Gasteiger partial charge in [0.05, 0.1) is 5.41 Å². The molecule has 0 aromatic rings. The Bertz CT molecular complexity index is 255. The number of carbonyl (C=O) groups is 2. The molecule has 2 atom stereocenters. The highest BCUT2D eigenvalue weighted by Crippen LogP contribution is 2.62. The fourth-order valence-corrected chi connectivity index (χ4v) is 2.99. The van der Waals surface area contributed by atoms with Crippen LogP contribution in [0.2, 0.25) is 0 Å². The fraction of sp³-hybridized carbons (Fsp3) is 0.800. The van der Waals surface area contributed by atoms with E-state index < -0.39 is 5.41 Å². The third kappa shape index (κ3) is 0.584. The zero-order chi connectivity index (χ0) is 8.98. The monoisotopic (exact) mass is 166 g/mol. The van der Waals surface area contributed by atoms with Crippen molar-refractivity contribution in [3.8, 4) is 0 Å². The molecule has 2 aliphatic rings. The molecule has 2 heteroatoms. The van der Waals surface area contributed by atoms with Crippen LogP contribution < -0.4 is 0 Å². The number of carbonyl (C=O) groups excluding carboxylic acids is 2. The van der Waals surface area contributed by atoms with E-state index in [2.05, 4.69) is 13.8 Å². The Kier molecular flexibility index (Phi) is 1.31. The molecule has 12 heavy (non-hydrogen) atoms. The molecule has 2 rings (SSSR count). The summed E-state index contributed by atoms with van der Waals surface area (Å²) in [7, 11) is 0. The topological polar surface area (TPSA) is 34.1 Å². The zero-order valence-corrected chi connectivity index (χ0v) is 7.59. The summed E-state index contributed by atoms with van der Waals surface area (Å²) >= 11 is 0. The predicted octanol–water partition coefficient (Wildman–Crippen LogP) is 1.58. The molecule has 0 radical (unpaired) electrons. The maximum atomic E-state index is 11.6. The molecule has 0 aromatic heterocycles. The number of hydrogen-bond donors (Lipinski definition) is 0. The van der Waals surface area contributed by atoms with Gasteiger partial charge >= 0.3 is 0 Å². The molecule has 2 aliphatic carbocycles. The number of fused-ring (bicyclic) bond motifs is 2. The zero-order valence-electron chi connectivity index (χ0n) is 7.59. The first-order valence-electron chi connectivity index (χ1n) is 4.54. The van der Waals surface area contributed by atoms with Crippen LogP contribution in [0.25, 0.3) is 0 Å². The van der Waals surface area contributed by atoms with Gasteiger partial charge in [0.2, 0.25) is 0 Å². The van der Waals surface area contributed by atoms with Crippen molar-refractivity contribution < 1.29 is 9.59 Å². The van der Waals surface area contributed by atoms with Crippen LogP contribution in [0.5, 0.6) is 0 Å². The van der Waals surface area contributed by atoms with Gasteiger partial charge in [-0.3, -0.25) is 4.79 Å². The molecule has 0 heterocycles. The van der Waals surface area contributed by atoms with E-state index >= 15 is 0 Å². The van der Waals surface area contributed by atoms with E-state index in [1.807, 2.05) is 0 Å². The third-order valence-electron chi connectivity index (χ3n) is 4.19. The van der Waals surface area contributed by atoms with Crippen LogP contribution in [0, 0.1) is 16.7 Å². The van der Waals surface area contributed by atoms with Crippen molar-refractivity contribution in [1.29, 1.82) is 0 Å². The molecule has 66 valence electrons. The number of Topliss-reactive ketones (excluding diaryl/α,β-unsaturated/α-hetero) is 1. The number of ketones is 1. The molecule has 2 bridgehead atoms. The third-order valence-corrected chi connectivity index (χ3v) is 4.19. The first kappa shape index (κ1) is 7.96. The Morgan fingerprint density at radius 3 is 2.42 bits per heavy atom. The Balaban J connectivity index is 2.52. The average molecular weight is 166 g/mol. The van der Waals surface area contributed by atoms with E-state index in [-0.39, 0.29) is 11.2 Å². The van der Waals surface area contributed by atoms with Gasteiger partial charge in [-0.1, -0.05) is 13.8 Å².